The van der Waals surface area contributed by atoms with Gasteiger partial charge in [0.2, 0.25) is 11.8 Å². The molecule has 0 aliphatic carbocycles. The summed E-state index contributed by atoms with van der Waals surface area (Å²) >= 11 is 1.12. The number of hydrogen-bond acceptors (Lipinski definition) is 6. The molecule has 0 saturated carbocycles. The number of amides is 3. The number of thiazole rings is 1. The first-order valence-electron chi connectivity index (χ1n) is 5.79. The van der Waals surface area contributed by atoms with E-state index >= 15 is 0 Å². The molecule has 8 heteroatoms. The Balaban J connectivity index is 2.08. The number of hydrogen-bond donors (Lipinski definition) is 2. The maximum Gasteiger partial charge on any atom is 0.294 e. The van der Waals surface area contributed by atoms with Gasteiger partial charge in [0.1, 0.15) is 0 Å². The fraction of sp³-hybridized carbons (Fsp3) is 0.455. The molecule has 0 aromatic carbocycles. The summed E-state index contributed by atoms with van der Waals surface area (Å²) in [5.74, 6) is 4.22. The summed E-state index contributed by atoms with van der Waals surface area (Å²) in [5.41, 5.74) is 2.50. The third-order valence-corrected chi connectivity index (χ3v) is 3.74. The number of nitrogens with two attached hydrogens (primary N) is 1. The van der Waals surface area contributed by atoms with Crippen molar-refractivity contribution in [1.82, 2.24) is 15.3 Å². The Morgan fingerprint density at radius 1 is 1.53 bits per heavy atom. The number of nitrogens with one attached hydrogen (secondary N) is 1. The van der Waals surface area contributed by atoms with Crippen LogP contribution in [-0.2, 0) is 16.1 Å². The number of imide groups is 1. The molecule has 1 fully saturated rings. The molecule has 1 aromatic heterocycles. The maximum atomic E-state index is 11.8. The highest BCUT2D eigenvalue weighted by molar-refractivity contribution is 7.11. The molecule has 1 aromatic rings. The van der Waals surface area contributed by atoms with E-state index in [2.05, 4.69) is 4.98 Å². The molecule has 102 valence electrons. The van der Waals surface area contributed by atoms with Crippen molar-refractivity contribution in [1.29, 1.82) is 0 Å². The van der Waals surface area contributed by atoms with Crippen molar-refractivity contribution in [3.63, 3.8) is 0 Å². The number of likely N-dealkylation sites (tertiary alicyclic amines) is 1. The molecule has 3 N–H and O–H groups in total. The van der Waals surface area contributed by atoms with Crippen molar-refractivity contribution in [2.75, 3.05) is 0 Å². The van der Waals surface area contributed by atoms with Gasteiger partial charge in [0.05, 0.1) is 12.2 Å². The molecule has 1 aliphatic rings. The van der Waals surface area contributed by atoms with Gasteiger partial charge in [-0.05, 0) is 5.92 Å². The molecule has 19 heavy (non-hydrogen) atoms. The maximum absolute atomic E-state index is 11.8. The van der Waals surface area contributed by atoms with Gasteiger partial charge in [-0.1, -0.05) is 6.92 Å². The highest BCUT2D eigenvalue weighted by atomic mass is 32.1. The smallest absolute Gasteiger partial charge is 0.288 e. The van der Waals surface area contributed by atoms with Gasteiger partial charge >= 0.3 is 0 Å². The zero-order valence-corrected chi connectivity index (χ0v) is 11.2. The van der Waals surface area contributed by atoms with E-state index in [1.165, 1.54) is 4.90 Å². The van der Waals surface area contributed by atoms with Crippen LogP contribution < -0.4 is 11.3 Å². The van der Waals surface area contributed by atoms with Crippen LogP contribution in [0, 0.1) is 5.92 Å². The van der Waals surface area contributed by atoms with Crippen LogP contribution in [-0.4, -0.2) is 27.6 Å². The van der Waals surface area contributed by atoms with Gasteiger partial charge in [-0.2, -0.15) is 0 Å². The molecule has 1 aliphatic heterocycles. The quantitative estimate of drug-likeness (QED) is 0.352. The van der Waals surface area contributed by atoms with Crippen LogP contribution in [0.15, 0.2) is 5.38 Å². The standard InChI is InChI=1S/C11H14N4O3S/c1-6-2-8(16)15(9(17)3-6)4-7-5-19-11(13-7)10(18)14-12/h5-6H,2-4,12H2,1H3,(H,14,18). The van der Waals surface area contributed by atoms with Crippen LogP contribution >= 0.6 is 11.3 Å². The Kier molecular flexibility index (Phi) is 3.91. The Hall–Kier alpha value is -1.80. The molecule has 1 saturated heterocycles. The average Bonchev–Trinajstić information content (AvgIpc) is 2.81. The zero-order valence-electron chi connectivity index (χ0n) is 10.4. The van der Waals surface area contributed by atoms with E-state index in [9.17, 15) is 14.4 Å². The first-order chi connectivity index (χ1) is 9.01. The monoisotopic (exact) mass is 282 g/mol. The lowest BCUT2D eigenvalue weighted by molar-refractivity contribution is -0.150. The third kappa shape index (κ3) is 2.96. The fourth-order valence-corrected chi connectivity index (χ4v) is 2.62. The lowest BCUT2D eigenvalue weighted by Gasteiger charge is -2.27. The molecule has 0 unspecified atom stereocenters. The van der Waals surface area contributed by atoms with E-state index in [0.717, 1.165) is 11.3 Å². The average molecular weight is 282 g/mol. The van der Waals surface area contributed by atoms with Crippen LogP contribution in [0.25, 0.3) is 0 Å². The summed E-state index contributed by atoms with van der Waals surface area (Å²) in [4.78, 5) is 40.1. The minimum absolute atomic E-state index is 0.0882. The topological polar surface area (TPSA) is 105 Å². The summed E-state index contributed by atoms with van der Waals surface area (Å²) < 4.78 is 0. The Morgan fingerprint density at radius 3 is 2.74 bits per heavy atom. The Bertz CT molecular complexity index is 510. The van der Waals surface area contributed by atoms with Crippen molar-refractivity contribution in [2.45, 2.75) is 26.3 Å². The number of rotatable bonds is 3. The second-order valence-electron chi connectivity index (χ2n) is 4.50. The van der Waals surface area contributed by atoms with Gasteiger partial charge in [0.25, 0.3) is 5.91 Å². The van der Waals surface area contributed by atoms with E-state index in [-0.39, 0.29) is 29.3 Å². The predicted octanol–water partition coefficient (Wildman–Crippen LogP) is 0.0317. The Morgan fingerprint density at radius 2 is 2.16 bits per heavy atom. The van der Waals surface area contributed by atoms with Crippen molar-refractivity contribution in [2.24, 2.45) is 11.8 Å². The summed E-state index contributed by atoms with van der Waals surface area (Å²) in [6, 6.07) is 0. The van der Waals surface area contributed by atoms with Crippen LogP contribution in [0.5, 0.6) is 0 Å². The van der Waals surface area contributed by atoms with Gasteiger partial charge in [0, 0.05) is 18.2 Å². The second-order valence-corrected chi connectivity index (χ2v) is 5.36. The van der Waals surface area contributed by atoms with Crippen molar-refractivity contribution >= 4 is 29.1 Å². The number of carbonyl (C=O) groups is 3. The normalized spacial score (nSPS) is 16.8. The molecule has 2 heterocycles. The highest BCUT2D eigenvalue weighted by Gasteiger charge is 2.30. The van der Waals surface area contributed by atoms with Crippen LogP contribution in [0.3, 0.4) is 0 Å². The lowest BCUT2D eigenvalue weighted by atomic mass is 9.98. The zero-order chi connectivity index (χ0) is 14.0. The number of hydrazine groups is 1. The molecule has 7 nitrogen and oxygen atoms in total. The first kappa shape index (κ1) is 13.6. The second kappa shape index (κ2) is 5.45. The molecule has 3 amide bonds. The Labute approximate surface area is 113 Å². The van der Waals surface area contributed by atoms with E-state index < -0.39 is 5.91 Å². The van der Waals surface area contributed by atoms with Crippen LogP contribution in [0.2, 0.25) is 0 Å². The number of aromatic nitrogens is 1. The molecule has 0 radical (unpaired) electrons. The molecule has 0 bridgehead atoms. The van der Waals surface area contributed by atoms with Gasteiger partial charge in [-0.15, -0.1) is 11.3 Å². The molecular weight excluding hydrogens is 268 g/mol. The molecular formula is C11H14N4O3S. The summed E-state index contributed by atoms with van der Waals surface area (Å²) in [6.45, 7) is 1.98. The van der Waals surface area contributed by atoms with Crippen molar-refractivity contribution in [3.05, 3.63) is 16.1 Å². The van der Waals surface area contributed by atoms with Gasteiger partial charge in [-0.3, -0.25) is 24.7 Å². The number of nitrogen functional groups attached to an aromatic ring is 1. The summed E-state index contributed by atoms with van der Waals surface area (Å²) in [7, 11) is 0. The van der Waals surface area contributed by atoms with Crippen molar-refractivity contribution < 1.29 is 14.4 Å². The summed E-state index contributed by atoms with van der Waals surface area (Å²) in [5, 5.41) is 1.85. The van der Waals surface area contributed by atoms with Gasteiger partial charge in [-0.25, -0.2) is 10.8 Å². The number of piperidine rings is 1. The SMILES string of the molecule is CC1CC(=O)N(Cc2csc(C(=O)NN)n2)C(=O)C1. The summed E-state index contributed by atoms with van der Waals surface area (Å²) in [6.07, 6.45) is 0.734. The minimum Gasteiger partial charge on any atom is -0.288 e. The lowest BCUT2D eigenvalue weighted by Crippen LogP contribution is -2.42. The highest BCUT2D eigenvalue weighted by Crippen LogP contribution is 2.21. The van der Waals surface area contributed by atoms with E-state index in [0.29, 0.717) is 18.5 Å². The first-order valence-corrected chi connectivity index (χ1v) is 6.67. The van der Waals surface area contributed by atoms with Gasteiger partial charge < -0.3 is 0 Å². The molecule has 2 rings (SSSR count). The third-order valence-electron chi connectivity index (χ3n) is 2.85. The fourth-order valence-electron chi connectivity index (χ4n) is 1.91. The van der Waals surface area contributed by atoms with E-state index in [1.54, 1.807) is 5.38 Å². The largest absolute Gasteiger partial charge is 0.294 e. The number of nitrogens with zero attached hydrogens (tertiary/aromatic N) is 2. The van der Waals surface area contributed by atoms with Gasteiger partial charge in [0.15, 0.2) is 5.01 Å². The van der Waals surface area contributed by atoms with Crippen LogP contribution in [0.4, 0.5) is 0 Å². The predicted molar refractivity (Wildman–Crippen MR) is 67.7 cm³/mol. The van der Waals surface area contributed by atoms with Crippen molar-refractivity contribution in [3.8, 4) is 0 Å². The van der Waals surface area contributed by atoms with Crippen LogP contribution in [0.1, 0.15) is 35.3 Å². The molecule has 0 atom stereocenters. The molecule has 0 spiro atoms. The number of carbonyl (C=O) groups excluding carboxylic acids is 3. The van der Waals surface area contributed by atoms with E-state index in [1.807, 2.05) is 12.3 Å². The van der Waals surface area contributed by atoms with E-state index in [4.69, 9.17) is 5.84 Å². The minimum atomic E-state index is -0.485.